The molecule has 2 rings (SSSR count). The van der Waals surface area contributed by atoms with Crippen molar-refractivity contribution < 1.29 is 0 Å². The molecule has 2 fully saturated rings. The van der Waals surface area contributed by atoms with Crippen LogP contribution in [0.3, 0.4) is 0 Å². The van der Waals surface area contributed by atoms with Gasteiger partial charge in [0.05, 0.1) is 6.54 Å². The van der Waals surface area contributed by atoms with Crippen LogP contribution in [-0.4, -0.2) is 60.6 Å². The predicted octanol–water partition coefficient (Wildman–Crippen LogP) is 2.31. The van der Waals surface area contributed by atoms with Gasteiger partial charge in [-0.05, 0) is 51.8 Å². The third-order valence-electron chi connectivity index (χ3n) is 4.45. The number of hydrogen-bond acceptors (Lipinski definition) is 3. The van der Waals surface area contributed by atoms with Gasteiger partial charge in [-0.3, -0.25) is 9.89 Å². The van der Waals surface area contributed by atoms with Crippen molar-refractivity contribution in [3.8, 4) is 0 Å². The second kappa shape index (κ2) is 9.57. The number of aliphatic imine (C=N–C) groups is 1. The van der Waals surface area contributed by atoms with Gasteiger partial charge in [-0.1, -0.05) is 6.42 Å². The molecule has 2 aliphatic heterocycles. The molecule has 0 amide bonds. The first kappa shape index (κ1) is 16.9. The Labute approximate surface area is 134 Å². The third kappa shape index (κ3) is 6.07. The maximum atomic E-state index is 4.75. The number of likely N-dealkylation sites (tertiary alicyclic amines) is 1. The van der Waals surface area contributed by atoms with Crippen molar-refractivity contribution in [2.45, 2.75) is 57.2 Å². The van der Waals surface area contributed by atoms with E-state index in [-0.39, 0.29) is 0 Å². The highest BCUT2D eigenvalue weighted by atomic mass is 32.2. The van der Waals surface area contributed by atoms with E-state index in [1.807, 2.05) is 0 Å². The molecule has 4 nitrogen and oxygen atoms in total. The summed E-state index contributed by atoms with van der Waals surface area (Å²) in [5, 5.41) is 7.61. The number of guanidine groups is 1. The topological polar surface area (TPSA) is 39.7 Å². The fourth-order valence-corrected chi connectivity index (χ4v) is 4.31. The predicted molar refractivity (Wildman–Crippen MR) is 94.3 cm³/mol. The first-order valence-corrected chi connectivity index (χ1v) is 9.72. The normalized spacial score (nSPS) is 27.8. The minimum Gasteiger partial charge on any atom is -0.357 e. The van der Waals surface area contributed by atoms with Gasteiger partial charge in [0.1, 0.15) is 0 Å². The van der Waals surface area contributed by atoms with Crippen molar-refractivity contribution in [2.24, 2.45) is 4.99 Å². The van der Waals surface area contributed by atoms with Crippen LogP contribution in [0.1, 0.15) is 46.0 Å². The lowest BCUT2D eigenvalue weighted by molar-refractivity contribution is 0.163. The Kier molecular flexibility index (Phi) is 7.72. The van der Waals surface area contributed by atoms with E-state index < -0.39 is 0 Å². The lowest BCUT2D eigenvalue weighted by Crippen LogP contribution is -2.45. The molecule has 0 aromatic heterocycles. The minimum atomic E-state index is 0.738. The number of thioether (sulfide) groups is 1. The quantitative estimate of drug-likeness (QED) is 0.583. The molecule has 2 saturated heterocycles. The van der Waals surface area contributed by atoms with Crippen LogP contribution in [0, 0.1) is 0 Å². The molecule has 0 aromatic rings. The fourth-order valence-electron chi connectivity index (χ4n) is 3.13. The Morgan fingerprint density at radius 2 is 2.14 bits per heavy atom. The zero-order valence-electron chi connectivity index (χ0n) is 13.7. The minimum absolute atomic E-state index is 0.738. The van der Waals surface area contributed by atoms with Crippen LogP contribution >= 0.6 is 11.8 Å². The van der Waals surface area contributed by atoms with E-state index in [1.165, 1.54) is 44.4 Å². The highest BCUT2D eigenvalue weighted by Crippen LogP contribution is 2.25. The summed E-state index contributed by atoms with van der Waals surface area (Å²) in [7, 11) is 0. The molecular formula is C16H32N4S. The molecule has 0 aromatic carbocycles. The van der Waals surface area contributed by atoms with E-state index in [4.69, 9.17) is 4.99 Å². The van der Waals surface area contributed by atoms with Gasteiger partial charge < -0.3 is 10.6 Å². The Hall–Kier alpha value is -0.420. The first-order chi connectivity index (χ1) is 10.3. The van der Waals surface area contributed by atoms with Crippen molar-refractivity contribution in [1.29, 1.82) is 0 Å². The summed E-state index contributed by atoms with van der Waals surface area (Å²) >= 11 is 2.08. The van der Waals surface area contributed by atoms with Crippen LogP contribution in [0.15, 0.2) is 4.99 Å². The zero-order chi connectivity index (χ0) is 14.9. The maximum Gasteiger partial charge on any atom is 0.191 e. The Morgan fingerprint density at radius 1 is 1.24 bits per heavy atom. The third-order valence-corrected chi connectivity index (χ3v) is 5.83. The van der Waals surface area contributed by atoms with Gasteiger partial charge in [-0.25, -0.2) is 0 Å². The van der Waals surface area contributed by atoms with Gasteiger partial charge >= 0.3 is 0 Å². The zero-order valence-corrected chi connectivity index (χ0v) is 14.6. The molecule has 0 saturated carbocycles. The number of hydrogen-bond donors (Lipinski definition) is 2. The summed E-state index contributed by atoms with van der Waals surface area (Å²) in [5.74, 6) is 2.31. The molecule has 122 valence electrons. The standard InChI is InChI=1S/C16H32N4S/c1-3-17-16(19-13-15-8-6-12-21-15)18-9-11-20-10-5-4-7-14(20)2/h14-15H,3-13H2,1-2H3,(H2,17,18,19). The molecule has 2 N–H and O–H groups in total. The van der Waals surface area contributed by atoms with Gasteiger partial charge in [0.25, 0.3) is 0 Å². The van der Waals surface area contributed by atoms with Crippen LogP contribution in [0.2, 0.25) is 0 Å². The van der Waals surface area contributed by atoms with Crippen molar-refractivity contribution >= 4 is 17.7 Å². The number of nitrogens with zero attached hydrogens (tertiary/aromatic N) is 2. The lowest BCUT2D eigenvalue weighted by atomic mass is 10.0. The highest BCUT2D eigenvalue weighted by molar-refractivity contribution is 8.00. The SMILES string of the molecule is CCNC(=NCC1CCCS1)NCCN1CCCCC1C. The van der Waals surface area contributed by atoms with Crippen molar-refractivity contribution in [3.63, 3.8) is 0 Å². The van der Waals surface area contributed by atoms with Gasteiger partial charge in [-0.2, -0.15) is 11.8 Å². The van der Waals surface area contributed by atoms with Gasteiger partial charge in [0, 0.05) is 30.9 Å². The Bertz CT molecular complexity index is 315. The van der Waals surface area contributed by atoms with E-state index in [0.717, 1.165) is 43.4 Å². The van der Waals surface area contributed by atoms with E-state index in [2.05, 4.69) is 41.1 Å². The maximum absolute atomic E-state index is 4.75. The lowest BCUT2D eigenvalue weighted by Gasteiger charge is -2.33. The second-order valence-electron chi connectivity index (χ2n) is 6.16. The van der Waals surface area contributed by atoms with Gasteiger partial charge in [0.15, 0.2) is 5.96 Å². The highest BCUT2D eigenvalue weighted by Gasteiger charge is 2.18. The molecule has 0 bridgehead atoms. The molecule has 2 unspecified atom stereocenters. The largest absolute Gasteiger partial charge is 0.357 e. The number of nitrogens with one attached hydrogen (secondary N) is 2. The van der Waals surface area contributed by atoms with E-state index in [0.29, 0.717) is 0 Å². The average Bonchev–Trinajstić information content (AvgIpc) is 3.00. The molecular weight excluding hydrogens is 280 g/mol. The summed E-state index contributed by atoms with van der Waals surface area (Å²) in [6.07, 6.45) is 6.80. The Morgan fingerprint density at radius 3 is 2.86 bits per heavy atom. The van der Waals surface area contributed by atoms with Crippen LogP contribution in [0.25, 0.3) is 0 Å². The summed E-state index contributed by atoms with van der Waals surface area (Å²) < 4.78 is 0. The molecule has 0 aliphatic carbocycles. The van der Waals surface area contributed by atoms with E-state index >= 15 is 0 Å². The van der Waals surface area contributed by atoms with Crippen LogP contribution in [-0.2, 0) is 0 Å². The molecule has 2 aliphatic rings. The van der Waals surface area contributed by atoms with Crippen LogP contribution < -0.4 is 10.6 Å². The molecule has 21 heavy (non-hydrogen) atoms. The number of piperidine rings is 1. The van der Waals surface area contributed by atoms with E-state index in [9.17, 15) is 0 Å². The summed E-state index contributed by atoms with van der Waals surface area (Å²) in [5.41, 5.74) is 0. The van der Waals surface area contributed by atoms with Crippen LogP contribution in [0.4, 0.5) is 0 Å². The number of rotatable bonds is 6. The molecule has 0 radical (unpaired) electrons. The Balaban J connectivity index is 1.69. The molecule has 2 atom stereocenters. The fraction of sp³-hybridized carbons (Fsp3) is 0.938. The van der Waals surface area contributed by atoms with Crippen molar-refractivity contribution in [2.75, 3.05) is 38.5 Å². The van der Waals surface area contributed by atoms with Crippen LogP contribution in [0.5, 0.6) is 0 Å². The van der Waals surface area contributed by atoms with Gasteiger partial charge in [0.2, 0.25) is 0 Å². The van der Waals surface area contributed by atoms with Crippen molar-refractivity contribution in [3.05, 3.63) is 0 Å². The monoisotopic (exact) mass is 312 g/mol. The molecule has 0 spiro atoms. The average molecular weight is 313 g/mol. The smallest absolute Gasteiger partial charge is 0.191 e. The summed E-state index contributed by atoms with van der Waals surface area (Å²) in [4.78, 5) is 7.36. The van der Waals surface area contributed by atoms with E-state index in [1.54, 1.807) is 0 Å². The first-order valence-electron chi connectivity index (χ1n) is 8.67. The second-order valence-corrected chi connectivity index (χ2v) is 7.57. The molecule has 5 heteroatoms. The molecule has 2 heterocycles. The summed E-state index contributed by atoms with van der Waals surface area (Å²) in [6.45, 7) is 9.76. The summed E-state index contributed by atoms with van der Waals surface area (Å²) in [6, 6.07) is 0.745. The van der Waals surface area contributed by atoms with Gasteiger partial charge in [-0.15, -0.1) is 0 Å². The van der Waals surface area contributed by atoms with Crippen molar-refractivity contribution in [1.82, 2.24) is 15.5 Å².